The quantitative estimate of drug-likeness (QED) is 0.525. The summed E-state index contributed by atoms with van der Waals surface area (Å²) in [5.41, 5.74) is 4.73. The van der Waals surface area contributed by atoms with E-state index in [1.54, 1.807) is 28.4 Å². The van der Waals surface area contributed by atoms with Crippen LogP contribution in [0.4, 0.5) is 0 Å². The van der Waals surface area contributed by atoms with Gasteiger partial charge in [0.15, 0.2) is 23.0 Å². The molecular formula is C27H29NO5. The summed E-state index contributed by atoms with van der Waals surface area (Å²) in [6, 6.07) is 21.1. The van der Waals surface area contributed by atoms with Crippen LogP contribution in [0.3, 0.4) is 0 Å². The van der Waals surface area contributed by atoms with Crippen molar-refractivity contribution in [1.29, 1.82) is 0 Å². The van der Waals surface area contributed by atoms with Crippen molar-refractivity contribution in [3.05, 3.63) is 82.9 Å². The Morgan fingerprint density at radius 2 is 1.36 bits per heavy atom. The Morgan fingerprint density at radius 3 is 2.06 bits per heavy atom. The van der Waals surface area contributed by atoms with E-state index in [0.29, 0.717) is 12.4 Å². The van der Waals surface area contributed by atoms with Gasteiger partial charge in [0.05, 0.1) is 41.1 Å². The van der Waals surface area contributed by atoms with Crippen LogP contribution in [0.1, 0.15) is 40.6 Å². The minimum atomic E-state index is -0.183. The van der Waals surface area contributed by atoms with Gasteiger partial charge in [-0.2, -0.15) is 0 Å². The van der Waals surface area contributed by atoms with Gasteiger partial charge in [0.1, 0.15) is 6.23 Å². The number of methoxy groups -OCH3 is 4. The first-order valence-electron chi connectivity index (χ1n) is 11.1. The highest BCUT2D eigenvalue weighted by atomic mass is 16.5. The van der Waals surface area contributed by atoms with Crippen LogP contribution >= 0.6 is 0 Å². The number of hydrogen-bond acceptors (Lipinski definition) is 6. The molecule has 6 heteroatoms. The summed E-state index contributed by atoms with van der Waals surface area (Å²) >= 11 is 0. The minimum absolute atomic E-state index is 0.0908. The molecule has 6 nitrogen and oxygen atoms in total. The number of ether oxygens (including phenoxy) is 5. The fourth-order valence-corrected chi connectivity index (χ4v) is 5.10. The molecule has 2 aliphatic heterocycles. The highest BCUT2D eigenvalue weighted by Crippen LogP contribution is 2.52. The minimum Gasteiger partial charge on any atom is -0.493 e. The van der Waals surface area contributed by atoms with E-state index in [1.165, 1.54) is 11.1 Å². The Morgan fingerprint density at radius 1 is 0.697 bits per heavy atom. The maximum absolute atomic E-state index is 6.45. The van der Waals surface area contributed by atoms with Crippen LogP contribution in [0.5, 0.6) is 23.0 Å². The molecular weight excluding hydrogens is 418 g/mol. The molecule has 3 aromatic rings. The third-order valence-corrected chi connectivity index (χ3v) is 6.70. The molecule has 5 rings (SSSR count). The average molecular weight is 448 g/mol. The van der Waals surface area contributed by atoms with Gasteiger partial charge in [-0.1, -0.05) is 36.4 Å². The molecule has 0 aromatic heterocycles. The smallest absolute Gasteiger partial charge is 0.161 e. The van der Waals surface area contributed by atoms with Crippen LogP contribution in [0.2, 0.25) is 0 Å². The Balaban J connectivity index is 1.64. The molecule has 172 valence electrons. The summed E-state index contributed by atoms with van der Waals surface area (Å²) in [4.78, 5) is 2.48. The highest BCUT2D eigenvalue weighted by Gasteiger charge is 2.45. The number of fused-ring (bicyclic) bond motifs is 3. The van der Waals surface area contributed by atoms with E-state index in [2.05, 4.69) is 53.4 Å². The summed E-state index contributed by atoms with van der Waals surface area (Å²) in [5, 5.41) is 0. The summed E-state index contributed by atoms with van der Waals surface area (Å²) in [5.74, 6) is 2.89. The van der Waals surface area contributed by atoms with Crippen molar-refractivity contribution in [3.8, 4) is 23.0 Å². The van der Waals surface area contributed by atoms with E-state index in [-0.39, 0.29) is 18.3 Å². The number of hydrogen-bond donors (Lipinski definition) is 0. The molecule has 0 saturated carbocycles. The molecule has 3 aromatic carbocycles. The lowest BCUT2D eigenvalue weighted by Gasteiger charge is -2.41. The second kappa shape index (κ2) is 8.96. The van der Waals surface area contributed by atoms with Crippen molar-refractivity contribution in [2.24, 2.45) is 0 Å². The molecule has 1 fully saturated rings. The molecule has 3 atom stereocenters. The topological polar surface area (TPSA) is 49.4 Å². The average Bonchev–Trinajstić information content (AvgIpc) is 3.33. The summed E-state index contributed by atoms with van der Waals surface area (Å²) in [6.07, 6.45) is 0.630. The predicted octanol–water partition coefficient (Wildman–Crippen LogP) is 5.09. The SMILES string of the molecule is COc1ccc([C@@H]2Cc3cc(OC)c(OC)cc3[C@H]3OC[C@H](c4ccccc4)N32)cc1OC. The molecule has 1 saturated heterocycles. The van der Waals surface area contributed by atoms with Crippen LogP contribution in [-0.2, 0) is 11.2 Å². The fraction of sp³-hybridized carbons (Fsp3) is 0.333. The van der Waals surface area contributed by atoms with Gasteiger partial charge in [-0.05, 0) is 47.4 Å². The second-order valence-electron chi connectivity index (χ2n) is 8.30. The van der Waals surface area contributed by atoms with Crippen molar-refractivity contribution in [2.45, 2.75) is 24.7 Å². The molecule has 0 aliphatic carbocycles. The van der Waals surface area contributed by atoms with Gasteiger partial charge in [0.2, 0.25) is 0 Å². The van der Waals surface area contributed by atoms with E-state index in [9.17, 15) is 0 Å². The fourth-order valence-electron chi connectivity index (χ4n) is 5.10. The molecule has 0 amide bonds. The zero-order valence-electron chi connectivity index (χ0n) is 19.4. The molecule has 2 heterocycles. The first-order valence-corrected chi connectivity index (χ1v) is 11.1. The summed E-state index contributed by atoms with van der Waals surface area (Å²) in [6.45, 7) is 0.617. The van der Waals surface area contributed by atoms with Crippen molar-refractivity contribution in [1.82, 2.24) is 4.90 Å². The van der Waals surface area contributed by atoms with Gasteiger partial charge in [-0.15, -0.1) is 0 Å². The van der Waals surface area contributed by atoms with E-state index < -0.39 is 0 Å². The number of benzene rings is 3. The lowest BCUT2D eigenvalue weighted by molar-refractivity contribution is -0.00718. The van der Waals surface area contributed by atoms with Crippen molar-refractivity contribution in [3.63, 3.8) is 0 Å². The maximum Gasteiger partial charge on any atom is 0.161 e. The highest BCUT2D eigenvalue weighted by molar-refractivity contribution is 5.51. The van der Waals surface area contributed by atoms with E-state index in [1.807, 2.05) is 12.1 Å². The van der Waals surface area contributed by atoms with Crippen LogP contribution in [0.15, 0.2) is 60.7 Å². The third kappa shape index (κ3) is 3.69. The Labute approximate surface area is 194 Å². The van der Waals surface area contributed by atoms with Crippen molar-refractivity contribution < 1.29 is 23.7 Å². The Kier molecular flexibility index (Phi) is 5.87. The molecule has 0 radical (unpaired) electrons. The number of nitrogens with zero attached hydrogens (tertiary/aromatic N) is 1. The van der Waals surface area contributed by atoms with E-state index in [0.717, 1.165) is 34.8 Å². The largest absolute Gasteiger partial charge is 0.493 e. The standard InChI is InChI=1S/C27H29NO5/c1-29-23-11-10-18(13-24(23)30-2)21-12-19-14-25(31-3)26(32-4)15-20(19)27-28(21)22(16-33-27)17-8-6-5-7-9-17/h5-11,13-15,21-22,27H,12,16H2,1-4H3/t21-,22+,27+/m0/s1. The van der Waals surface area contributed by atoms with Crippen LogP contribution in [0.25, 0.3) is 0 Å². The van der Waals surface area contributed by atoms with E-state index in [4.69, 9.17) is 23.7 Å². The number of rotatable bonds is 6. The Hall–Kier alpha value is -3.22. The third-order valence-electron chi connectivity index (χ3n) is 6.70. The van der Waals surface area contributed by atoms with Crippen LogP contribution in [-0.4, -0.2) is 39.9 Å². The van der Waals surface area contributed by atoms with Crippen LogP contribution in [0, 0.1) is 0 Å². The zero-order chi connectivity index (χ0) is 22.9. The van der Waals surface area contributed by atoms with Crippen molar-refractivity contribution in [2.75, 3.05) is 35.0 Å². The molecule has 2 aliphatic rings. The normalized spacial score (nSPS) is 21.8. The maximum atomic E-state index is 6.45. The Bertz CT molecular complexity index is 1130. The molecule has 0 spiro atoms. The van der Waals surface area contributed by atoms with Crippen LogP contribution < -0.4 is 18.9 Å². The summed E-state index contributed by atoms with van der Waals surface area (Å²) in [7, 11) is 6.66. The molecule has 0 unspecified atom stereocenters. The van der Waals surface area contributed by atoms with Gasteiger partial charge in [-0.3, -0.25) is 4.90 Å². The second-order valence-corrected chi connectivity index (χ2v) is 8.30. The van der Waals surface area contributed by atoms with Gasteiger partial charge in [0.25, 0.3) is 0 Å². The zero-order valence-corrected chi connectivity index (χ0v) is 19.4. The molecule has 0 bridgehead atoms. The van der Waals surface area contributed by atoms with Crippen molar-refractivity contribution >= 4 is 0 Å². The first kappa shape index (κ1) is 21.6. The van der Waals surface area contributed by atoms with E-state index >= 15 is 0 Å². The monoisotopic (exact) mass is 447 g/mol. The van der Waals surface area contributed by atoms with Gasteiger partial charge in [0, 0.05) is 11.6 Å². The van der Waals surface area contributed by atoms with Gasteiger partial charge >= 0.3 is 0 Å². The van der Waals surface area contributed by atoms with Gasteiger partial charge in [-0.25, -0.2) is 0 Å². The predicted molar refractivity (Wildman–Crippen MR) is 125 cm³/mol. The van der Waals surface area contributed by atoms with Gasteiger partial charge < -0.3 is 23.7 Å². The first-order chi connectivity index (χ1) is 16.2. The molecule has 33 heavy (non-hydrogen) atoms. The molecule has 0 N–H and O–H groups in total. The summed E-state index contributed by atoms with van der Waals surface area (Å²) < 4.78 is 28.7. The lowest BCUT2D eigenvalue weighted by atomic mass is 9.87. The lowest BCUT2D eigenvalue weighted by Crippen LogP contribution is -2.37.